The molecule has 1 aromatic heterocycles. The molecule has 1 fully saturated rings. The van der Waals surface area contributed by atoms with E-state index in [1.54, 1.807) is 16.4 Å². The third-order valence-corrected chi connectivity index (χ3v) is 6.35. The first-order valence-corrected chi connectivity index (χ1v) is 10.6. The van der Waals surface area contributed by atoms with Crippen molar-refractivity contribution in [2.24, 2.45) is 0 Å². The number of nitrogens with zero attached hydrogens (tertiary/aromatic N) is 4. The first-order chi connectivity index (χ1) is 13.2. The van der Waals surface area contributed by atoms with Gasteiger partial charge in [-0.05, 0) is 59.7 Å². The zero-order valence-electron chi connectivity index (χ0n) is 14.2. The minimum absolute atomic E-state index is 0.0862. The number of anilines is 1. The van der Waals surface area contributed by atoms with Gasteiger partial charge in [-0.2, -0.15) is 0 Å². The Balaban J connectivity index is 1.30. The molecule has 1 heterocycles. The summed E-state index contributed by atoms with van der Waals surface area (Å²) in [6.45, 7) is 0. The van der Waals surface area contributed by atoms with Crippen LogP contribution in [0.1, 0.15) is 18.9 Å². The van der Waals surface area contributed by atoms with Crippen LogP contribution in [0, 0.1) is 0 Å². The van der Waals surface area contributed by atoms with Gasteiger partial charge in [0.05, 0.1) is 16.8 Å². The number of amides is 1. The molecule has 27 heavy (non-hydrogen) atoms. The molecule has 1 N–H and O–H groups in total. The highest BCUT2D eigenvalue weighted by molar-refractivity contribution is 8.00. The molecule has 0 atom stereocenters. The van der Waals surface area contributed by atoms with Gasteiger partial charge < -0.3 is 5.32 Å². The average molecular weight is 418 g/mol. The summed E-state index contributed by atoms with van der Waals surface area (Å²) in [5.41, 5.74) is 0.755. The number of hydrogen-bond acceptors (Lipinski definition) is 6. The minimum Gasteiger partial charge on any atom is -0.325 e. The number of carbonyl (C=O) groups is 1. The first kappa shape index (κ1) is 18.3. The largest absolute Gasteiger partial charge is 0.325 e. The molecule has 6 nitrogen and oxygen atoms in total. The first-order valence-electron chi connectivity index (χ1n) is 8.42. The quantitative estimate of drug-likeness (QED) is 0.569. The van der Waals surface area contributed by atoms with Crippen LogP contribution in [-0.2, 0) is 4.79 Å². The Kier molecular flexibility index (Phi) is 5.66. The van der Waals surface area contributed by atoms with Gasteiger partial charge >= 0.3 is 0 Å². The minimum atomic E-state index is -0.0862. The molecule has 138 valence electrons. The molecule has 1 aliphatic carbocycles. The summed E-state index contributed by atoms with van der Waals surface area (Å²) in [7, 11) is 0. The van der Waals surface area contributed by atoms with E-state index in [-0.39, 0.29) is 11.7 Å². The molecule has 0 aliphatic heterocycles. The highest BCUT2D eigenvalue weighted by Crippen LogP contribution is 2.36. The second-order valence-corrected chi connectivity index (χ2v) is 8.50. The number of tetrazole rings is 1. The Hall–Kier alpha value is -2.03. The molecule has 0 radical (unpaired) electrons. The topological polar surface area (TPSA) is 72.7 Å². The van der Waals surface area contributed by atoms with Gasteiger partial charge in [0.15, 0.2) is 0 Å². The standard InChI is InChI=1S/C18H16ClN5OS2/c19-15-3-1-2-4-16(15)27-14-9-5-12(6-10-14)20-17(25)11-26-18-21-22-23-24(18)13-7-8-13/h1-6,9-10,13H,7-8,11H2,(H,20,25). The van der Waals surface area contributed by atoms with Crippen molar-refractivity contribution in [3.8, 4) is 0 Å². The van der Waals surface area contributed by atoms with E-state index in [0.29, 0.717) is 11.2 Å². The fourth-order valence-electron chi connectivity index (χ4n) is 2.42. The molecule has 2 aromatic carbocycles. The van der Waals surface area contributed by atoms with E-state index in [1.165, 1.54) is 11.8 Å². The van der Waals surface area contributed by atoms with E-state index in [4.69, 9.17) is 11.6 Å². The lowest BCUT2D eigenvalue weighted by Gasteiger charge is -2.07. The van der Waals surface area contributed by atoms with E-state index in [9.17, 15) is 4.79 Å². The van der Waals surface area contributed by atoms with Crippen molar-refractivity contribution in [3.63, 3.8) is 0 Å². The van der Waals surface area contributed by atoms with Crippen LogP contribution in [0.15, 0.2) is 63.5 Å². The number of halogens is 1. The lowest BCUT2D eigenvalue weighted by Crippen LogP contribution is -2.14. The Morgan fingerprint density at radius 2 is 1.96 bits per heavy atom. The zero-order valence-corrected chi connectivity index (χ0v) is 16.6. The molecular weight excluding hydrogens is 402 g/mol. The second-order valence-electron chi connectivity index (χ2n) is 6.03. The third-order valence-electron chi connectivity index (χ3n) is 3.89. The fraction of sp³-hybridized carbons (Fsp3) is 0.222. The Bertz CT molecular complexity index is 943. The summed E-state index contributed by atoms with van der Waals surface area (Å²) in [6, 6.07) is 15.8. The van der Waals surface area contributed by atoms with Gasteiger partial charge in [-0.3, -0.25) is 4.79 Å². The molecule has 0 bridgehead atoms. The van der Waals surface area contributed by atoms with Gasteiger partial charge in [-0.15, -0.1) is 5.10 Å². The van der Waals surface area contributed by atoms with Crippen molar-refractivity contribution in [1.29, 1.82) is 0 Å². The van der Waals surface area contributed by atoms with E-state index in [2.05, 4.69) is 20.8 Å². The van der Waals surface area contributed by atoms with E-state index >= 15 is 0 Å². The summed E-state index contributed by atoms with van der Waals surface area (Å²) in [5.74, 6) is 0.181. The fourth-order valence-corrected chi connectivity index (χ4v) is 4.25. The predicted molar refractivity (Wildman–Crippen MR) is 107 cm³/mol. The highest BCUT2D eigenvalue weighted by Gasteiger charge is 2.28. The monoisotopic (exact) mass is 417 g/mol. The van der Waals surface area contributed by atoms with Crippen LogP contribution < -0.4 is 5.32 Å². The van der Waals surface area contributed by atoms with Gasteiger partial charge in [0.2, 0.25) is 11.1 Å². The molecule has 1 saturated carbocycles. The van der Waals surface area contributed by atoms with Crippen molar-refractivity contribution in [2.45, 2.75) is 33.8 Å². The SMILES string of the molecule is O=C(CSc1nnnn1C1CC1)Nc1ccc(Sc2ccccc2Cl)cc1. The number of aromatic nitrogens is 4. The predicted octanol–water partition coefficient (Wildman–Crippen LogP) is 4.54. The molecule has 1 amide bonds. The lowest BCUT2D eigenvalue weighted by atomic mass is 10.3. The summed E-state index contributed by atoms with van der Waals surface area (Å²) >= 11 is 9.13. The molecular formula is C18H16ClN5OS2. The van der Waals surface area contributed by atoms with Crippen LogP contribution >= 0.6 is 35.1 Å². The molecule has 0 unspecified atom stereocenters. The summed E-state index contributed by atoms with van der Waals surface area (Å²) in [4.78, 5) is 14.2. The van der Waals surface area contributed by atoms with Crippen molar-refractivity contribution < 1.29 is 4.79 Å². The smallest absolute Gasteiger partial charge is 0.234 e. The Morgan fingerprint density at radius 1 is 1.19 bits per heavy atom. The van der Waals surface area contributed by atoms with Crippen LogP contribution in [0.25, 0.3) is 0 Å². The molecule has 0 saturated heterocycles. The lowest BCUT2D eigenvalue weighted by molar-refractivity contribution is -0.113. The molecule has 4 rings (SSSR count). The number of carbonyl (C=O) groups excluding carboxylic acids is 1. The average Bonchev–Trinajstić information content (AvgIpc) is 3.41. The van der Waals surface area contributed by atoms with Crippen LogP contribution in [0.5, 0.6) is 0 Å². The normalized spacial score (nSPS) is 13.5. The number of thioether (sulfide) groups is 1. The van der Waals surface area contributed by atoms with Gasteiger partial charge in [-0.1, -0.05) is 47.3 Å². The van der Waals surface area contributed by atoms with Crippen molar-refractivity contribution in [1.82, 2.24) is 20.2 Å². The second kappa shape index (κ2) is 8.33. The van der Waals surface area contributed by atoms with Crippen molar-refractivity contribution >= 4 is 46.7 Å². The maximum absolute atomic E-state index is 12.2. The maximum Gasteiger partial charge on any atom is 0.234 e. The third kappa shape index (κ3) is 4.82. The van der Waals surface area contributed by atoms with E-state index in [0.717, 1.165) is 33.3 Å². The van der Waals surface area contributed by atoms with Gasteiger partial charge in [0.25, 0.3) is 0 Å². The van der Waals surface area contributed by atoms with Crippen molar-refractivity contribution in [3.05, 3.63) is 53.6 Å². The number of benzene rings is 2. The summed E-state index contributed by atoms with van der Waals surface area (Å²) in [5, 5.41) is 16.0. The summed E-state index contributed by atoms with van der Waals surface area (Å²) in [6.07, 6.45) is 2.20. The Morgan fingerprint density at radius 3 is 2.70 bits per heavy atom. The maximum atomic E-state index is 12.2. The van der Waals surface area contributed by atoms with Crippen LogP contribution in [-0.4, -0.2) is 31.9 Å². The zero-order chi connectivity index (χ0) is 18.6. The van der Waals surface area contributed by atoms with Crippen molar-refractivity contribution in [2.75, 3.05) is 11.1 Å². The van der Waals surface area contributed by atoms with Crippen LogP contribution in [0.4, 0.5) is 5.69 Å². The van der Waals surface area contributed by atoms with Gasteiger partial charge in [0.1, 0.15) is 0 Å². The van der Waals surface area contributed by atoms with Crippen LogP contribution in [0.2, 0.25) is 5.02 Å². The molecule has 1 aliphatic rings. The molecule has 0 spiro atoms. The number of rotatable bonds is 7. The number of hydrogen-bond donors (Lipinski definition) is 1. The number of nitrogens with one attached hydrogen (secondary N) is 1. The Labute approximate surface area is 170 Å². The van der Waals surface area contributed by atoms with E-state index in [1.807, 2.05) is 48.5 Å². The van der Waals surface area contributed by atoms with Gasteiger partial charge in [0, 0.05) is 15.5 Å². The summed E-state index contributed by atoms with van der Waals surface area (Å²) < 4.78 is 1.80. The van der Waals surface area contributed by atoms with Crippen LogP contribution in [0.3, 0.4) is 0 Å². The molecule has 3 aromatic rings. The van der Waals surface area contributed by atoms with Gasteiger partial charge in [-0.25, -0.2) is 4.68 Å². The highest BCUT2D eigenvalue weighted by atomic mass is 35.5. The molecule has 9 heteroatoms. The van der Waals surface area contributed by atoms with E-state index < -0.39 is 0 Å².